The summed E-state index contributed by atoms with van der Waals surface area (Å²) >= 11 is 0. The van der Waals surface area contributed by atoms with E-state index in [9.17, 15) is 19.2 Å². The molecule has 0 fully saturated rings. The molecule has 0 bridgehead atoms. The molecule has 0 unspecified atom stereocenters. The van der Waals surface area contributed by atoms with E-state index < -0.39 is 0 Å². The van der Waals surface area contributed by atoms with E-state index in [0.29, 0.717) is 172 Å². The third kappa shape index (κ3) is 41.7. The smallest absolute Gasteiger partial charge is 0.253 e. The van der Waals surface area contributed by atoms with Crippen molar-refractivity contribution in [3.63, 3.8) is 0 Å². The highest BCUT2D eigenvalue weighted by Crippen LogP contribution is 2.16. The maximum Gasteiger partial charge on any atom is 0.253 e. The van der Waals surface area contributed by atoms with E-state index in [2.05, 4.69) is 5.32 Å². The summed E-state index contributed by atoms with van der Waals surface area (Å²) in [6, 6.07) is 0. The first-order valence-electron chi connectivity index (χ1n) is 24.5. The number of hydrogen-bond donors (Lipinski definition) is 1. The number of nitrogens with zero attached hydrogens (tertiary/aromatic N) is 1. The van der Waals surface area contributed by atoms with Gasteiger partial charge in [0.25, 0.3) is 11.8 Å². The van der Waals surface area contributed by atoms with Crippen LogP contribution in [0.25, 0.3) is 0 Å². The molecule has 18 nitrogen and oxygen atoms in total. The van der Waals surface area contributed by atoms with E-state index in [4.69, 9.17) is 56.8 Å². The molecule has 1 rings (SSSR count). The van der Waals surface area contributed by atoms with Gasteiger partial charge in [0.15, 0.2) is 0 Å². The molecule has 1 heterocycles. The first kappa shape index (κ1) is 61.6. The second-order valence-electron chi connectivity index (χ2n) is 16.6. The molecule has 1 aliphatic heterocycles. The highest BCUT2D eigenvalue weighted by atomic mass is 16.5. The maximum atomic E-state index is 11.8. The number of nitrogens with one attached hydrogen (secondary N) is 1. The first-order valence-corrected chi connectivity index (χ1v) is 24.5. The van der Waals surface area contributed by atoms with Crippen LogP contribution in [0.15, 0.2) is 12.2 Å². The second-order valence-corrected chi connectivity index (χ2v) is 16.6. The van der Waals surface area contributed by atoms with Crippen LogP contribution < -0.4 is 5.32 Å². The average molecular weight is 949 g/mol. The standard InChI is InChI=1S/C48H88N2O16/c1-48(2,3)44(51)17-40-66-43-42-65-39-13-37-63-35-11-33-61-31-9-29-59-27-7-25-57-23-5-21-55-20-4-22-56-24-6-26-58-28-8-30-60-32-10-34-62-36-12-38-64-41-18-49-45(52)16-19-50-46(53)14-15-47(50)54/h14-15H,4-13,16-43H2,1-3H3,(H,49,52). The van der Waals surface area contributed by atoms with Crippen molar-refractivity contribution in [3.05, 3.63) is 12.2 Å². The van der Waals surface area contributed by atoms with Gasteiger partial charge in [-0.1, -0.05) is 20.8 Å². The van der Waals surface area contributed by atoms with Crippen LogP contribution in [-0.4, -0.2) is 200 Å². The summed E-state index contributed by atoms with van der Waals surface area (Å²) in [5.41, 5.74) is -0.307. The third-order valence-corrected chi connectivity index (χ3v) is 9.49. The fourth-order valence-corrected chi connectivity index (χ4v) is 5.73. The highest BCUT2D eigenvalue weighted by molar-refractivity contribution is 6.13. The molecule has 3 amide bonds. The van der Waals surface area contributed by atoms with Gasteiger partial charge >= 0.3 is 0 Å². The molecular weight excluding hydrogens is 861 g/mol. The minimum atomic E-state index is -0.386. The molecule has 0 atom stereocenters. The summed E-state index contributed by atoms with van der Waals surface area (Å²) in [4.78, 5) is 47.7. The fourth-order valence-electron chi connectivity index (χ4n) is 5.73. The van der Waals surface area contributed by atoms with Crippen molar-refractivity contribution in [2.75, 3.05) is 172 Å². The van der Waals surface area contributed by atoms with Gasteiger partial charge in [-0.2, -0.15) is 0 Å². The molecule has 18 heteroatoms. The Morgan fingerprint density at radius 1 is 0.394 bits per heavy atom. The Balaban J connectivity index is 1.62. The molecule has 0 saturated carbocycles. The number of carbonyl (C=O) groups excluding carboxylic acids is 4. The Kier molecular flexibility index (Phi) is 43.2. The Labute approximate surface area is 396 Å². The lowest BCUT2D eigenvalue weighted by Crippen LogP contribution is -2.35. The first-order chi connectivity index (χ1) is 32.2. The van der Waals surface area contributed by atoms with E-state index >= 15 is 0 Å². The van der Waals surface area contributed by atoms with Gasteiger partial charge in [0.05, 0.1) is 26.4 Å². The lowest BCUT2D eigenvalue weighted by Gasteiger charge is -2.16. The van der Waals surface area contributed by atoms with Crippen molar-refractivity contribution in [3.8, 4) is 0 Å². The predicted molar refractivity (Wildman–Crippen MR) is 249 cm³/mol. The lowest BCUT2D eigenvalue weighted by molar-refractivity contribution is -0.137. The number of imide groups is 1. The number of carbonyl (C=O) groups is 4. The summed E-state index contributed by atoms with van der Waals surface area (Å²) in [5.74, 6) is -0.788. The zero-order valence-corrected chi connectivity index (χ0v) is 41.0. The van der Waals surface area contributed by atoms with Crippen LogP contribution in [0.4, 0.5) is 0 Å². The molecule has 0 aliphatic carbocycles. The van der Waals surface area contributed by atoms with Crippen LogP contribution in [0.5, 0.6) is 0 Å². The number of ether oxygens (including phenoxy) is 12. The SMILES string of the molecule is CC(C)(C)C(=O)CCOCCOCCCOCCCOCCCOCCCOCCCOCCCOCCCOCCCOCCCOCCCOCCNC(=O)CCN1C(=O)C=CC1=O. The molecule has 66 heavy (non-hydrogen) atoms. The summed E-state index contributed by atoms with van der Waals surface area (Å²) in [7, 11) is 0. The van der Waals surface area contributed by atoms with Gasteiger partial charge in [-0.15, -0.1) is 0 Å². The number of hydrogen-bond acceptors (Lipinski definition) is 16. The van der Waals surface area contributed by atoms with Crippen LogP contribution in [0.2, 0.25) is 0 Å². The Morgan fingerprint density at radius 3 is 0.939 bits per heavy atom. The van der Waals surface area contributed by atoms with Crippen LogP contribution >= 0.6 is 0 Å². The van der Waals surface area contributed by atoms with Crippen LogP contribution in [0, 0.1) is 5.41 Å². The van der Waals surface area contributed by atoms with Gasteiger partial charge in [0.2, 0.25) is 5.91 Å². The molecule has 1 N–H and O–H groups in total. The van der Waals surface area contributed by atoms with Gasteiger partial charge in [0, 0.05) is 176 Å². The highest BCUT2D eigenvalue weighted by Gasteiger charge is 2.23. The molecule has 1 aliphatic rings. The normalized spacial score (nSPS) is 12.9. The molecule has 0 radical (unpaired) electrons. The van der Waals surface area contributed by atoms with Crippen LogP contribution in [0.1, 0.15) is 97.8 Å². The van der Waals surface area contributed by atoms with Gasteiger partial charge < -0.3 is 62.2 Å². The third-order valence-electron chi connectivity index (χ3n) is 9.49. The molecular formula is C48H88N2O16. The predicted octanol–water partition coefficient (Wildman–Crippen LogP) is 4.52. The van der Waals surface area contributed by atoms with Crippen molar-refractivity contribution >= 4 is 23.5 Å². The second kappa shape index (κ2) is 46.3. The van der Waals surface area contributed by atoms with Crippen molar-refractivity contribution in [1.29, 1.82) is 0 Å². The van der Waals surface area contributed by atoms with Crippen LogP contribution in [0.3, 0.4) is 0 Å². The summed E-state index contributed by atoms with van der Waals surface area (Å²) in [6.45, 7) is 21.3. The van der Waals surface area contributed by atoms with E-state index in [1.807, 2.05) is 20.8 Å². The molecule has 0 saturated heterocycles. The number of ketones is 1. The summed E-state index contributed by atoms with van der Waals surface area (Å²) < 4.78 is 67.4. The monoisotopic (exact) mass is 949 g/mol. The van der Waals surface area contributed by atoms with E-state index in [-0.39, 0.29) is 41.9 Å². The van der Waals surface area contributed by atoms with Gasteiger partial charge in [0.1, 0.15) is 5.78 Å². The van der Waals surface area contributed by atoms with E-state index in [1.54, 1.807) is 0 Å². The minimum Gasteiger partial charge on any atom is -0.381 e. The van der Waals surface area contributed by atoms with Gasteiger partial charge in [-0.25, -0.2) is 0 Å². The van der Waals surface area contributed by atoms with Gasteiger partial charge in [-0.05, 0) is 64.2 Å². The van der Waals surface area contributed by atoms with Gasteiger partial charge in [-0.3, -0.25) is 24.1 Å². The molecule has 0 aromatic rings. The lowest BCUT2D eigenvalue weighted by atomic mass is 9.89. The fraction of sp³-hybridized carbons (Fsp3) is 0.875. The van der Waals surface area contributed by atoms with Crippen molar-refractivity contribution < 1.29 is 76.0 Å². The largest absolute Gasteiger partial charge is 0.381 e. The van der Waals surface area contributed by atoms with Crippen molar-refractivity contribution in [2.45, 2.75) is 97.8 Å². The average Bonchev–Trinajstić information content (AvgIpc) is 3.62. The molecule has 0 spiro atoms. The van der Waals surface area contributed by atoms with Crippen molar-refractivity contribution in [2.24, 2.45) is 5.41 Å². The topological polar surface area (TPSA) is 194 Å². The summed E-state index contributed by atoms with van der Waals surface area (Å²) in [6.07, 6.45) is 11.4. The molecule has 0 aromatic heterocycles. The zero-order chi connectivity index (χ0) is 47.9. The number of Topliss-reactive ketones (excluding diaryl/α,β-unsaturated/α-hetero) is 1. The quantitative estimate of drug-likeness (QED) is 0.0660. The molecule has 386 valence electrons. The molecule has 0 aromatic carbocycles. The van der Waals surface area contributed by atoms with E-state index in [1.165, 1.54) is 12.2 Å². The minimum absolute atomic E-state index is 0.0700. The maximum absolute atomic E-state index is 11.8. The van der Waals surface area contributed by atoms with E-state index in [0.717, 1.165) is 69.1 Å². The Morgan fingerprint density at radius 2 is 0.652 bits per heavy atom. The Bertz CT molecular complexity index is 1170. The number of amides is 3. The summed E-state index contributed by atoms with van der Waals surface area (Å²) in [5, 5.41) is 2.71. The van der Waals surface area contributed by atoms with Crippen molar-refractivity contribution in [1.82, 2.24) is 10.2 Å². The number of rotatable bonds is 52. The Hall–Kier alpha value is -2.46. The zero-order valence-electron chi connectivity index (χ0n) is 41.0. The van der Waals surface area contributed by atoms with Crippen LogP contribution in [-0.2, 0) is 76.0 Å².